The number of rotatable bonds is 6. The molecule has 0 radical (unpaired) electrons. The van der Waals surface area contributed by atoms with Crippen LogP contribution < -0.4 is 15.4 Å². The minimum absolute atomic E-state index is 0.396. The number of hydrogen-bond donors (Lipinski definition) is 2. The highest BCUT2D eigenvalue weighted by molar-refractivity contribution is 5.58. The molecule has 2 aromatic carbocycles. The average Bonchev–Trinajstić information content (AvgIpc) is 2.67. The minimum Gasteiger partial charge on any atom is -0.496 e. The van der Waals surface area contributed by atoms with E-state index in [0.717, 1.165) is 17.0 Å². The summed E-state index contributed by atoms with van der Waals surface area (Å²) in [5.74, 6) is 1.73. The lowest BCUT2D eigenvalue weighted by molar-refractivity contribution is 0.410. The second-order valence-electron chi connectivity index (χ2n) is 5.15. The van der Waals surface area contributed by atoms with Crippen molar-refractivity contribution in [3.63, 3.8) is 0 Å². The Bertz CT molecular complexity index is 906. The molecule has 25 heavy (non-hydrogen) atoms. The molecule has 3 rings (SSSR count). The van der Waals surface area contributed by atoms with E-state index in [1.165, 1.54) is 6.20 Å². The number of methoxy groups -OCH3 is 1. The predicted octanol–water partition coefficient (Wildman–Crippen LogP) is 3.11. The van der Waals surface area contributed by atoms with Crippen molar-refractivity contribution in [2.24, 2.45) is 0 Å². The molecule has 0 aliphatic heterocycles. The van der Waals surface area contributed by atoms with Crippen molar-refractivity contribution >= 4 is 17.5 Å². The number of hydrogen-bond acceptors (Lipinski definition) is 7. The van der Waals surface area contributed by atoms with E-state index in [1.807, 2.05) is 30.3 Å². The largest absolute Gasteiger partial charge is 0.496 e. The van der Waals surface area contributed by atoms with Crippen molar-refractivity contribution in [3.05, 3.63) is 65.9 Å². The van der Waals surface area contributed by atoms with Crippen LogP contribution in [-0.2, 0) is 6.54 Å². The molecule has 0 aliphatic carbocycles. The maximum Gasteiger partial charge on any atom is 0.244 e. The number of ether oxygens (including phenoxy) is 1. The summed E-state index contributed by atoms with van der Waals surface area (Å²) in [6, 6.07) is 17.0. The summed E-state index contributed by atoms with van der Waals surface area (Å²) < 4.78 is 5.32. The number of aromatic nitrogens is 3. The van der Waals surface area contributed by atoms with Gasteiger partial charge in [0.15, 0.2) is 5.82 Å². The van der Waals surface area contributed by atoms with Gasteiger partial charge in [-0.2, -0.15) is 15.3 Å². The summed E-state index contributed by atoms with van der Waals surface area (Å²) in [5, 5.41) is 23.1. The molecule has 1 heterocycles. The fraction of sp³-hybridized carbons (Fsp3) is 0.111. The van der Waals surface area contributed by atoms with Crippen LogP contribution in [0, 0.1) is 11.3 Å². The van der Waals surface area contributed by atoms with E-state index >= 15 is 0 Å². The summed E-state index contributed by atoms with van der Waals surface area (Å²) in [6.45, 7) is 0.513. The van der Waals surface area contributed by atoms with Gasteiger partial charge < -0.3 is 15.4 Å². The Kier molecular flexibility index (Phi) is 5.02. The molecule has 7 heteroatoms. The Labute approximate surface area is 145 Å². The van der Waals surface area contributed by atoms with Gasteiger partial charge in [-0.3, -0.25) is 0 Å². The van der Waals surface area contributed by atoms with E-state index in [9.17, 15) is 0 Å². The minimum atomic E-state index is 0.396. The van der Waals surface area contributed by atoms with Crippen LogP contribution in [0.2, 0.25) is 0 Å². The second kappa shape index (κ2) is 7.75. The van der Waals surface area contributed by atoms with Gasteiger partial charge in [0.05, 0.1) is 24.9 Å². The van der Waals surface area contributed by atoms with E-state index in [4.69, 9.17) is 10.00 Å². The fourth-order valence-corrected chi connectivity index (χ4v) is 2.28. The van der Waals surface area contributed by atoms with Gasteiger partial charge >= 0.3 is 0 Å². The summed E-state index contributed by atoms with van der Waals surface area (Å²) in [6.07, 6.45) is 1.52. The highest BCUT2D eigenvalue weighted by atomic mass is 16.5. The normalized spacial score (nSPS) is 9.92. The quantitative estimate of drug-likeness (QED) is 0.716. The topological polar surface area (TPSA) is 95.8 Å². The van der Waals surface area contributed by atoms with E-state index < -0.39 is 0 Å². The third-order valence-electron chi connectivity index (χ3n) is 3.45. The van der Waals surface area contributed by atoms with Crippen molar-refractivity contribution in [2.75, 3.05) is 17.7 Å². The first kappa shape index (κ1) is 16.2. The molecular formula is C18H16N6O. The maximum absolute atomic E-state index is 8.96. The number of nitrogens with zero attached hydrogens (tertiary/aromatic N) is 4. The molecule has 0 spiro atoms. The van der Waals surface area contributed by atoms with E-state index in [1.54, 1.807) is 25.3 Å². The van der Waals surface area contributed by atoms with Gasteiger partial charge in [0, 0.05) is 17.8 Å². The van der Waals surface area contributed by atoms with Crippen molar-refractivity contribution in [1.29, 1.82) is 5.26 Å². The number of benzene rings is 2. The van der Waals surface area contributed by atoms with Crippen LogP contribution >= 0.6 is 0 Å². The third kappa shape index (κ3) is 4.20. The maximum atomic E-state index is 8.96. The van der Waals surface area contributed by atoms with Crippen LogP contribution in [0.4, 0.5) is 17.5 Å². The van der Waals surface area contributed by atoms with Crippen LogP contribution in [0.5, 0.6) is 5.75 Å². The Morgan fingerprint density at radius 3 is 2.88 bits per heavy atom. The summed E-state index contributed by atoms with van der Waals surface area (Å²) in [4.78, 5) is 4.37. The zero-order valence-corrected chi connectivity index (χ0v) is 13.6. The molecule has 0 fully saturated rings. The van der Waals surface area contributed by atoms with Crippen molar-refractivity contribution in [2.45, 2.75) is 6.54 Å². The molecule has 0 unspecified atom stereocenters. The zero-order chi connectivity index (χ0) is 17.5. The highest BCUT2D eigenvalue weighted by Gasteiger charge is 2.05. The molecule has 3 aromatic rings. The van der Waals surface area contributed by atoms with Crippen molar-refractivity contribution in [1.82, 2.24) is 15.2 Å². The second-order valence-corrected chi connectivity index (χ2v) is 5.15. The first-order valence-corrected chi connectivity index (χ1v) is 7.61. The van der Waals surface area contributed by atoms with Gasteiger partial charge in [-0.25, -0.2) is 0 Å². The SMILES string of the molecule is COc1ccccc1CNc1nncc(Nc2cccc(C#N)c2)n1. The van der Waals surface area contributed by atoms with Gasteiger partial charge in [0.2, 0.25) is 5.95 Å². The van der Waals surface area contributed by atoms with Gasteiger partial charge in [-0.15, -0.1) is 5.10 Å². The molecule has 0 amide bonds. The lowest BCUT2D eigenvalue weighted by atomic mass is 10.2. The smallest absolute Gasteiger partial charge is 0.244 e. The van der Waals surface area contributed by atoms with Crippen LogP contribution in [0.15, 0.2) is 54.7 Å². The van der Waals surface area contributed by atoms with Gasteiger partial charge in [-0.05, 0) is 24.3 Å². The van der Waals surface area contributed by atoms with Crippen molar-refractivity contribution < 1.29 is 4.74 Å². The molecule has 124 valence electrons. The Morgan fingerprint density at radius 1 is 1.16 bits per heavy atom. The van der Waals surface area contributed by atoms with Crippen LogP contribution in [-0.4, -0.2) is 22.3 Å². The molecule has 0 saturated heterocycles. The lowest BCUT2D eigenvalue weighted by Crippen LogP contribution is -2.07. The summed E-state index contributed by atoms with van der Waals surface area (Å²) in [7, 11) is 1.64. The first-order valence-electron chi connectivity index (χ1n) is 7.61. The Balaban J connectivity index is 1.70. The molecule has 7 nitrogen and oxygen atoms in total. The number of anilines is 3. The molecular weight excluding hydrogens is 316 g/mol. The lowest BCUT2D eigenvalue weighted by Gasteiger charge is -2.10. The van der Waals surface area contributed by atoms with E-state index in [0.29, 0.717) is 23.9 Å². The van der Waals surface area contributed by atoms with Crippen LogP contribution in [0.3, 0.4) is 0 Å². The van der Waals surface area contributed by atoms with Gasteiger partial charge in [-0.1, -0.05) is 24.3 Å². The summed E-state index contributed by atoms with van der Waals surface area (Å²) >= 11 is 0. The fourth-order valence-electron chi connectivity index (χ4n) is 2.28. The molecule has 1 aromatic heterocycles. The number of para-hydroxylation sites is 1. The van der Waals surface area contributed by atoms with Crippen LogP contribution in [0.1, 0.15) is 11.1 Å². The van der Waals surface area contributed by atoms with Gasteiger partial charge in [0.1, 0.15) is 5.75 Å². The van der Waals surface area contributed by atoms with E-state index in [2.05, 4.69) is 31.9 Å². The van der Waals surface area contributed by atoms with E-state index in [-0.39, 0.29) is 0 Å². The molecule has 0 saturated carbocycles. The first-order chi connectivity index (χ1) is 12.3. The van der Waals surface area contributed by atoms with Crippen molar-refractivity contribution in [3.8, 4) is 11.8 Å². The summed E-state index contributed by atoms with van der Waals surface area (Å²) in [5.41, 5.74) is 2.32. The number of nitriles is 1. The van der Waals surface area contributed by atoms with Crippen LogP contribution in [0.25, 0.3) is 0 Å². The monoisotopic (exact) mass is 332 g/mol. The van der Waals surface area contributed by atoms with Gasteiger partial charge in [0.25, 0.3) is 0 Å². The third-order valence-corrected chi connectivity index (χ3v) is 3.45. The molecule has 0 aliphatic rings. The standard InChI is InChI=1S/C18H16N6O/c1-25-16-8-3-2-6-14(16)11-20-18-23-17(12-21-24-18)22-15-7-4-5-13(9-15)10-19/h2-9,12H,11H2,1H3,(H2,20,22,23,24). The Hall–Kier alpha value is -3.66. The molecule has 2 N–H and O–H groups in total. The Morgan fingerprint density at radius 2 is 2.04 bits per heavy atom. The molecule has 0 atom stereocenters. The number of nitrogens with one attached hydrogen (secondary N) is 2. The predicted molar refractivity (Wildman–Crippen MR) is 94.6 cm³/mol. The zero-order valence-electron chi connectivity index (χ0n) is 13.6. The highest BCUT2D eigenvalue weighted by Crippen LogP contribution is 2.19. The molecule has 0 bridgehead atoms. The average molecular weight is 332 g/mol.